The van der Waals surface area contributed by atoms with Crippen molar-refractivity contribution in [3.05, 3.63) is 0 Å². The Morgan fingerprint density at radius 2 is 1.37 bits per heavy atom. The molecule has 0 saturated carbocycles. The first kappa shape index (κ1) is 27.3. The first-order chi connectivity index (χ1) is 14.5. The van der Waals surface area contributed by atoms with Gasteiger partial charge in [0.15, 0.2) is 12.4 Å². The van der Waals surface area contributed by atoms with Crippen LogP contribution in [0, 0.1) is 0 Å². The maximum absolute atomic E-state index is 12.2. The van der Waals surface area contributed by atoms with Gasteiger partial charge in [0.2, 0.25) is 0 Å². The molecule has 0 aromatic rings. The molecule has 1 heterocycles. The number of hydrogen-bond acceptors (Lipinski definition) is 8. The fraction of sp³-hybridized carbons (Fsp3) is 0.955. The number of carbonyl (C=O) groups is 1. The van der Waals surface area contributed by atoms with Crippen LogP contribution in [0.3, 0.4) is 0 Å². The van der Waals surface area contributed by atoms with E-state index in [-0.39, 0.29) is 19.6 Å². The largest absolute Gasteiger partial charge is 0.454 e. The third-order valence-electron chi connectivity index (χ3n) is 5.44. The standard InChI is InChI=1S/C22H42O8/c1-2-3-4-5-6-7-8-9-10-11-12-13-18(25)30-21(22-28-14-15-29-22)20(27)19(26)17(24)16-23/h17,19-24,26-27H,2-16H2,1H3/t17-,19-,20+,21-/m1/s1. The molecule has 0 radical (unpaired) electrons. The van der Waals surface area contributed by atoms with Gasteiger partial charge < -0.3 is 34.6 Å². The summed E-state index contributed by atoms with van der Waals surface area (Å²) >= 11 is 0. The summed E-state index contributed by atoms with van der Waals surface area (Å²) in [5.41, 5.74) is 0. The lowest BCUT2D eigenvalue weighted by Gasteiger charge is -2.31. The fourth-order valence-corrected chi connectivity index (χ4v) is 3.53. The first-order valence-corrected chi connectivity index (χ1v) is 11.6. The number of hydrogen-bond donors (Lipinski definition) is 4. The van der Waals surface area contributed by atoms with Crippen LogP contribution in [0.2, 0.25) is 0 Å². The lowest BCUT2D eigenvalue weighted by atomic mass is 10.0. The maximum Gasteiger partial charge on any atom is 0.306 e. The van der Waals surface area contributed by atoms with E-state index in [0.717, 1.165) is 12.8 Å². The summed E-state index contributed by atoms with van der Waals surface area (Å²) in [7, 11) is 0. The molecule has 0 unspecified atom stereocenters. The molecule has 4 atom stereocenters. The number of aliphatic hydroxyl groups excluding tert-OH is 4. The summed E-state index contributed by atoms with van der Waals surface area (Å²) in [4.78, 5) is 12.2. The Labute approximate surface area is 180 Å². The summed E-state index contributed by atoms with van der Waals surface area (Å²) in [5.74, 6) is -0.514. The van der Waals surface area contributed by atoms with Gasteiger partial charge in [-0.15, -0.1) is 0 Å². The summed E-state index contributed by atoms with van der Waals surface area (Å²) < 4.78 is 15.9. The molecular formula is C22H42O8. The van der Waals surface area contributed by atoms with E-state index in [1.54, 1.807) is 0 Å². The zero-order chi connectivity index (χ0) is 22.2. The van der Waals surface area contributed by atoms with Crippen molar-refractivity contribution in [1.82, 2.24) is 0 Å². The molecule has 8 heteroatoms. The summed E-state index contributed by atoms with van der Waals surface area (Å²) in [6, 6.07) is 0. The minimum atomic E-state index is -1.69. The second-order valence-electron chi connectivity index (χ2n) is 8.08. The van der Waals surface area contributed by atoms with E-state index in [9.17, 15) is 20.1 Å². The van der Waals surface area contributed by atoms with Crippen molar-refractivity contribution in [2.45, 2.75) is 115 Å². The molecule has 1 fully saturated rings. The van der Waals surface area contributed by atoms with Gasteiger partial charge in [-0.05, 0) is 6.42 Å². The van der Waals surface area contributed by atoms with Crippen LogP contribution in [0.4, 0.5) is 0 Å². The Bertz CT molecular complexity index is 427. The summed E-state index contributed by atoms with van der Waals surface area (Å²) in [5, 5.41) is 38.8. The van der Waals surface area contributed by atoms with Crippen molar-refractivity contribution in [1.29, 1.82) is 0 Å². The van der Waals surface area contributed by atoms with E-state index in [2.05, 4.69) is 6.92 Å². The molecule has 8 nitrogen and oxygen atoms in total. The van der Waals surface area contributed by atoms with Crippen LogP contribution in [0.25, 0.3) is 0 Å². The molecule has 0 aliphatic carbocycles. The van der Waals surface area contributed by atoms with E-state index < -0.39 is 43.3 Å². The lowest BCUT2D eigenvalue weighted by Crippen LogP contribution is -2.52. The molecule has 1 aliphatic rings. The third kappa shape index (κ3) is 11.0. The van der Waals surface area contributed by atoms with Crippen LogP contribution in [0.15, 0.2) is 0 Å². The van der Waals surface area contributed by atoms with Gasteiger partial charge in [-0.3, -0.25) is 4.79 Å². The van der Waals surface area contributed by atoms with E-state index in [4.69, 9.17) is 19.3 Å². The Morgan fingerprint density at radius 1 is 0.867 bits per heavy atom. The number of ether oxygens (including phenoxy) is 3. The minimum absolute atomic E-state index is 0.200. The van der Waals surface area contributed by atoms with Gasteiger partial charge in [-0.1, -0.05) is 71.1 Å². The molecule has 0 aromatic heterocycles. The SMILES string of the molecule is CCCCCCCCCCCCCC(=O)O[C@@H](C1OCCO1)[C@@H](O)[C@H](O)[C@H](O)CO. The number of carbonyl (C=O) groups excluding carboxylic acids is 1. The average molecular weight is 435 g/mol. The quantitative estimate of drug-likeness (QED) is 0.191. The molecular weight excluding hydrogens is 392 g/mol. The van der Waals surface area contributed by atoms with Crippen molar-refractivity contribution in [2.75, 3.05) is 19.8 Å². The van der Waals surface area contributed by atoms with E-state index in [1.807, 2.05) is 0 Å². The first-order valence-electron chi connectivity index (χ1n) is 11.6. The highest BCUT2D eigenvalue weighted by atomic mass is 16.7. The van der Waals surface area contributed by atoms with Crippen LogP contribution >= 0.6 is 0 Å². The van der Waals surface area contributed by atoms with Gasteiger partial charge in [0.05, 0.1) is 19.8 Å². The van der Waals surface area contributed by atoms with Crippen molar-refractivity contribution in [2.24, 2.45) is 0 Å². The van der Waals surface area contributed by atoms with Crippen LogP contribution in [-0.2, 0) is 19.0 Å². The molecule has 1 rings (SSSR count). The van der Waals surface area contributed by atoms with Crippen LogP contribution < -0.4 is 0 Å². The molecule has 30 heavy (non-hydrogen) atoms. The molecule has 4 N–H and O–H groups in total. The topological polar surface area (TPSA) is 126 Å². The fourth-order valence-electron chi connectivity index (χ4n) is 3.53. The minimum Gasteiger partial charge on any atom is -0.454 e. The molecule has 0 spiro atoms. The van der Waals surface area contributed by atoms with E-state index in [1.165, 1.54) is 51.4 Å². The van der Waals surface area contributed by atoms with E-state index in [0.29, 0.717) is 6.42 Å². The van der Waals surface area contributed by atoms with Crippen molar-refractivity contribution in [3.63, 3.8) is 0 Å². The Hall–Kier alpha value is -0.770. The Balaban J connectivity index is 2.24. The zero-order valence-electron chi connectivity index (χ0n) is 18.4. The molecule has 0 bridgehead atoms. The van der Waals surface area contributed by atoms with Crippen molar-refractivity contribution >= 4 is 5.97 Å². The maximum atomic E-state index is 12.2. The normalized spacial score (nSPS) is 18.8. The highest BCUT2D eigenvalue weighted by Gasteiger charge is 2.41. The predicted molar refractivity (Wildman–Crippen MR) is 112 cm³/mol. The second-order valence-corrected chi connectivity index (χ2v) is 8.08. The highest BCUT2D eigenvalue weighted by Crippen LogP contribution is 2.20. The number of unbranched alkanes of at least 4 members (excludes halogenated alkanes) is 10. The molecule has 178 valence electrons. The smallest absolute Gasteiger partial charge is 0.306 e. The van der Waals surface area contributed by atoms with Crippen molar-refractivity contribution in [3.8, 4) is 0 Å². The van der Waals surface area contributed by atoms with Gasteiger partial charge >= 0.3 is 5.97 Å². The summed E-state index contributed by atoms with van der Waals surface area (Å²) in [6.45, 7) is 2.05. The number of rotatable bonds is 18. The zero-order valence-corrected chi connectivity index (χ0v) is 18.4. The van der Waals surface area contributed by atoms with Crippen LogP contribution in [0.5, 0.6) is 0 Å². The predicted octanol–water partition coefficient (Wildman–Crippen LogP) is 2.05. The summed E-state index contributed by atoms with van der Waals surface area (Å²) in [6.07, 6.45) is 5.94. The molecule has 0 aromatic carbocycles. The highest BCUT2D eigenvalue weighted by molar-refractivity contribution is 5.69. The molecule has 0 amide bonds. The van der Waals surface area contributed by atoms with E-state index >= 15 is 0 Å². The lowest BCUT2D eigenvalue weighted by molar-refractivity contribution is -0.210. The molecule has 1 saturated heterocycles. The number of esters is 1. The Kier molecular flexibility index (Phi) is 15.3. The monoisotopic (exact) mass is 434 g/mol. The van der Waals surface area contributed by atoms with Crippen LogP contribution in [-0.4, -0.2) is 76.9 Å². The average Bonchev–Trinajstić information content (AvgIpc) is 3.28. The van der Waals surface area contributed by atoms with Gasteiger partial charge in [0.1, 0.15) is 18.3 Å². The van der Waals surface area contributed by atoms with Crippen LogP contribution in [0.1, 0.15) is 84.0 Å². The third-order valence-corrected chi connectivity index (χ3v) is 5.44. The van der Waals surface area contributed by atoms with Gasteiger partial charge in [0, 0.05) is 6.42 Å². The number of aliphatic hydroxyl groups is 4. The van der Waals surface area contributed by atoms with Crippen molar-refractivity contribution < 1.29 is 39.4 Å². The van der Waals surface area contributed by atoms with Gasteiger partial charge in [0.25, 0.3) is 0 Å². The Morgan fingerprint density at radius 3 is 1.87 bits per heavy atom. The molecule has 1 aliphatic heterocycles. The van der Waals surface area contributed by atoms with Gasteiger partial charge in [-0.25, -0.2) is 0 Å². The van der Waals surface area contributed by atoms with Gasteiger partial charge in [-0.2, -0.15) is 0 Å². The second kappa shape index (κ2) is 16.9.